The highest BCUT2D eigenvalue weighted by atomic mass is 16.4. The average Bonchev–Trinajstić information content (AvgIpc) is 2.39. The minimum absolute atomic E-state index is 0.308. The van der Waals surface area contributed by atoms with E-state index in [1.807, 2.05) is 0 Å². The van der Waals surface area contributed by atoms with Gasteiger partial charge in [-0.25, -0.2) is 0 Å². The van der Waals surface area contributed by atoms with Crippen LogP contribution in [0.15, 0.2) is 36.5 Å². The molecular weight excluding hydrogens is 236 g/mol. The molecule has 0 amide bonds. The molecule has 0 unspecified atom stereocenters. The number of rotatable bonds is 12. The number of hydrogen-bond donors (Lipinski definition) is 1. The fourth-order valence-corrected chi connectivity index (χ4v) is 1.69. The summed E-state index contributed by atoms with van der Waals surface area (Å²) >= 11 is 0. The van der Waals surface area contributed by atoms with Crippen LogP contribution in [0.25, 0.3) is 0 Å². The smallest absolute Gasteiger partial charge is 0.303 e. The normalized spacial score (nSPS) is 12.1. The number of unbranched alkanes of at least 4 members (excludes halogenated alkanes) is 6. The third-order valence-corrected chi connectivity index (χ3v) is 2.84. The van der Waals surface area contributed by atoms with E-state index in [0.717, 1.165) is 32.1 Å². The van der Waals surface area contributed by atoms with Crippen molar-refractivity contribution < 1.29 is 9.90 Å². The Morgan fingerprint density at radius 3 is 2.00 bits per heavy atom. The summed E-state index contributed by atoms with van der Waals surface area (Å²) in [6, 6.07) is 0. The van der Waals surface area contributed by atoms with E-state index in [-0.39, 0.29) is 0 Å². The number of hydrogen-bond acceptors (Lipinski definition) is 1. The molecule has 0 fully saturated rings. The van der Waals surface area contributed by atoms with E-state index in [4.69, 9.17) is 5.11 Å². The Morgan fingerprint density at radius 2 is 1.42 bits per heavy atom. The van der Waals surface area contributed by atoms with Crippen LogP contribution in [0.2, 0.25) is 0 Å². The Hall–Kier alpha value is -1.31. The summed E-state index contributed by atoms with van der Waals surface area (Å²) in [6.45, 7) is 2.20. The Kier molecular flexibility index (Phi) is 13.7. The van der Waals surface area contributed by atoms with Crippen LogP contribution >= 0.6 is 0 Å². The average molecular weight is 264 g/mol. The van der Waals surface area contributed by atoms with Crippen molar-refractivity contribution in [3.05, 3.63) is 36.5 Å². The minimum atomic E-state index is -0.683. The molecular formula is C17H28O2. The number of allylic oxidation sites excluding steroid dienone is 6. The van der Waals surface area contributed by atoms with Crippen LogP contribution in [0.1, 0.15) is 64.7 Å². The minimum Gasteiger partial charge on any atom is -0.481 e. The molecule has 1 N–H and O–H groups in total. The molecule has 0 aromatic rings. The van der Waals surface area contributed by atoms with Gasteiger partial charge in [-0.3, -0.25) is 4.79 Å². The van der Waals surface area contributed by atoms with E-state index in [1.54, 1.807) is 0 Å². The van der Waals surface area contributed by atoms with Crippen molar-refractivity contribution in [3.8, 4) is 0 Å². The second-order valence-electron chi connectivity index (χ2n) is 4.73. The van der Waals surface area contributed by atoms with Crippen molar-refractivity contribution in [2.75, 3.05) is 0 Å². The molecule has 0 aliphatic rings. The topological polar surface area (TPSA) is 37.3 Å². The lowest BCUT2D eigenvalue weighted by Gasteiger charge is -1.96. The van der Waals surface area contributed by atoms with Crippen LogP contribution in [0.5, 0.6) is 0 Å². The van der Waals surface area contributed by atoms with Crippen LogP contribution in [0.4, 0.5) is 0 Å². The maximum absolute atomic E-state index is 10.3. The first kappa shape index (κ1) is 17.7. The van der Waals surface area contributed by atoms with Crippen LogP contribution in [-0.4, -0.2) is 11.1 Å². The lowest BCUT2D eigenvalue weighted by molar-refractivity contribution is -0.137. The molecule has 0 saturated carbocycles. The van der Waals surface area contributed by atoms with E-state index in [2.05, 4.69) is 43.4 Å². The summed E-state index contributed by atoms with van der Waals surface area (Å²) in [5, 5.41) is 8.48. The van der Waals surface area contributed by atoms with Gasteiger partial charge in [0.25, 0.3) is 0 Å². The Balaban J connectivity index is 3.31. The zero-order valence-electron chi connectivity index (χ0n) is 12.2. The van der Waals surface area contributed by atoms with Gasteiger partial charge >= 0.3 is 5.97 Å². The fourth-order valence-electron chi connectivity index (χ4n) is 1.69. The molecule has 0 aliphatic carbocycles. The molecule has 0 rings (SSSR count). The van der Waals surface area contributed by atoms with Crippen LogP contribution in [0.3, 0.4) is 0 Å². The molecule has 0 heterocycles. The maximum Gasteiger partial charge on any atom is 0.303 e. The van der Waals surface area contributed by atoms with E-state index in [9.17, 15) is 4.79 Å². The van der Waals surface area contributed by atoms with Gasteiger partial charge in [0.15, 0.2) is 0 Å². The lowest BCUT2D eigenvalue weighted by Crippen LogP contribution is -1.93. The van der Waals surface area contributed by atoms with Crippen molar-refractivity contribution >= 4 is 5.97 Å². The zero-order chi connectivity index (χ0) is 14.2. The highest BCUT2D eigenvalue weighted by Gasteiger charge is 1.95. The van der Waals surface area contributed by atoms with E-state index in [1.165, 1.54) is 19.3 Å². The third kappa shape index (κ3) is 16.7. The van der Waals surface area contributed by atoms with Gasteiger partial charge in [0.1, 0.15) is 0 Å². The molecule has 2 nitrogen and oxygen atoms in total. The van der Waals surface area contributed by atoms with Crippen molar-refractivity contribution in [1.82, 2.24) is 0 Å². The van der Waals surface area contributed by atoms with Gasteiger partial charge in [-0.15, -0.1) is 0 Å². The summed E-state index contributed by atoms with van der Waals surface area (Å²) in [5.74, 6) is -0.683. The Labute approximate surface area is 117 Å². The highest BCUT2D eigenvalue weighted by molar-refractivity contribution is 5.66. The van der Waals surface area contributed by atoms with E-state index >= 15 is 0 Å². The number of aliphatic carboxylic acids is 1. The van der Waals surface area contributed by atoms with Crippen molar-refractivity contribution in [2.45, 2.75) is 64.7 Å². The second-order valence-corrected chi connectivity index (χ2v) is 4.73. The second kappa shape index (κ2) is 14.7. The molecule has 19 heavy (non-hydrogen) atoms. The summed E-state index contributed by atoms with van der Waals surface area (Å²) in [4.78, 5) is 10.3. The standard InChI is InChI=1S/C17H28O2/c1-2-3-4-5-6-7-8-9-10-11-12-13-14-15-16-17(18)19/h5-10H,2-4,11-16H2,1H3,(H,18,19). The fraction of sp³-hybridized carbons (Fsp3) is 0.588. The van der Waals surface area contributed by atoms with Gasteiger partial charge < -0.3 is 5.11 Å². The molecule has 0 aromatic carbocycles. The predicted octanol–water partition coefficient (Wildman–Crippen LogP) is 5.27. The summed E-state index contributed by atoms with van der Waals surface area (Å²) in [7, 11) is 0. The first-order chi connectivity index (χ1) is 9.27. The number of carboxylic acid groups (broad SMARTS) is 1. The van der Waals surface area contributed by atoms with Crippen LogP contribution in [0, 0.1) is 0 Å². The molecule has 0 radical (unpaired) electrons. The molecule has 0 saturated heterocycles. The summed E-state index contributed by atoms with van der Waals surface area (Å²) in [5.41, 5.74) is 0. The van der Waals surface area contributed by atoms with Crippen LogP contribution < -0.4 is 0 Å². The summed E-state index contributed by atoms with van der Waals surface area (Å²) < 4.78 is 0. The van der Waals surface area contributed by atoms with E-state index in [0.29, 0.717) is 6.42 Å². The van der Waals surface area contributed by atoms with Gasteiger partial charge in [-0.2, -0.15) is 0 Å². The predicted molar refractivity (Wildman–Crippen MR) is 82.3 cm³/mol. The third-order valence-electron chi connectivity index (χ3n) is 2.84. The molecule has 2 heteroatoms. The quantitative estimate of drug-likeness (QED) is 0.385. The zero-order valence-corrected chi connectivity index (χ0v) is 12.2. The van der Waals surface area contributed by atoms with Gasteiger partial charge in [-0.05, 0) is 25.7 Å². The van der Waals surface area contributed by atoms with Crippen molar-refractivity contribution in [1.29, 1.82) is 0 Å². The largest absolute Gasteiger partial charge is 0.481 e. The monoisotopic (exact) mass is 264 g/mol. The molecule has 0 spiro atoms. The highest BCUT2D eigenvalue weighted by Crippen LogP contribution is 2.05. The Bertz CT molecular complexity index is 288. The first-order valence-electron chi connectivity index (χ1n) is 7.47. The van der Waals surface area contributed by atoms with E-state index < -0.39 is 5.97 Å². The molecule has 0 atom stereocenters. The molecule has 0 aromatic heterocycles. The molecule has 108 valence electrons. The Morgan fingerprint density at radius 1 is 0.842 bits per heavy atom. The number of carbonyl (C=O) groups is 1. The van der Waals surface area contributed by atoms with Gasteiger partial charge in [0.05, 0.1) is 0 Å². The first-order valence-corrected chi connectivity index (χ1v) is 7.47. The van der Waals surface area contributed by atoms with Gasteiger partial charge in [0.2, 0.25) is 0 Å². The van der Waals surface area contributed by atoms with Crippen molar-refractivity contribution in [2.24, 2.45) is 0 Å². The van der Waals surface area contributed by atoms with Crippen LogP contribution in [-0.2, 0) is 4.79 Å². The maximum atomic E-state index is 10.3. The summed E-state index contributed by atoms with van der Waals surface area (Å²) in [6.07, 6.45) is 21.9. The van der Waals surface area contributed by atoms with Crippen molar-refractivity contribution in [3.63, 3.8) is 0 Å². The molecule has 0 aliphatic heterocycles. The van der Waals surface area contributed by atoms with Gasteiger partial charge in [-0.1, -0.05) is 69.1 Å². The molecule has 0 bridgehead atoms. The van der Waals surface area contributed by atoms with Gasteiger partial charge in [0, 0.05) is 6.42 Å². The SMILES string of the molecule is CCCCC=CC=CC=CCCCCCCC(=O)O. The lowest BCUT2D eigenvalue weighted by atomic mass is 10.1. The number of carboxylic acids is 1.